The summed E-state index contributed by atoms with van der Waals surface area (Å²) in [6, 6.07) is 8.72. The maximum absolute atomic E-state index is 12.6. The topological polar surface area (TPSA) is 71.8 Å². The van der Waals surface area contributed by atoms with Crippen molar-refractivity contribution in [2.75, 3.05) is 11.4 Å². The smallest absolute Gasteiger partial charge is 0.227 e. The van der Waals surface area contributed by atoms with Crippen LogP contribution in [0, 0.1) is 0 Å². The van der Waals surface area contributed by atoms with Crippen molar-refractivity contribution in [3.63, 3.8) is 0 Å². The normalized spacial score (nSPS) is 16.1. The summed E-state index contributed by atoms with van der Waals surface area (Å²) in [6.45, 7) is 2.64. The minimum Gasteiger partial charge on any atom is -0.487 e. The van der Waals surface area contributed by atoms with Crippen molar-refractivity contribution in [3.8, 4) is 5.75 Å². The monoisotopic (exact) mass is 362 g/mol. The van der Waals surface area contributed by atoms with Gasteiger partial charge in [0, 0.05) is 17.9 Å². The van der Waals surface area contributed by atoms with Gasteiger partial charge in [0.15, 0.2) is 0 Å². The Bertz CT molecular complexity index is 760. The Balaban J connectivity index is 1.58. The zero-order valence-corrected chi connectivity index (χ0v) is 14.6. The van der Waals surface area contributed by atoms with Crippen LogP contribution in [0.5, 0.6) is 5.75 Å². The number of nitrogens with one attached hydrogen (secondary N) is 1. The molecule has 132 valence electrons. The van der Waals surface area contributed by atoms with E-state index in [0.717, 1.165) is 0 Å². The van der Waals surface area contributed by atoms with E-state index in [9.17, 15) is 9.59 Å². The number of hydrogen-bond acceptors (Lipinski definition) is 4. The van der Waals surface area contributed by atoms with E-state index in [1.807, 2.05) is 6.92 Å². The molecule has 2 aromatic rings. The van der Waals surface area contributed by atoms with Gasteiger partial charge in [0.25, 0.3) is 0 Å². The summed E-state index contributed by atoms with van der Waals surface area (Å²) >= 11 is 6.03. The van der Waals surface area contributed by atoms with Gasteiger partial charge in [-0.1, -0.05) is 11.6 Å². The quantitative estimate of drug-likeness (QED) is 0.886. The third kappa shape index (κ3) is 4.33. The molecule has 2 amide bonds. The van der Waals surface area contributed by atoms with Gasteiger partial charge in [-0.2, -0.15) is 0 Å². The van der Waals surface area contributed by atoms with Gasteiger partial charge in [0.1, 0.15) is 17.6 Å². The van der Waals surface area contributed by atoms with Crippen molar-refractivity contribution in [2.45, 2.75) is 32.4 Å². The van der Waals surface area contributed by atoms with Gasteiger partial charge in [-0.25, -0.2) is 0 Å². The molecule has 6 nitrogen and oxygen atoms in total. The third-order valence-corrected chi connectivity index (χ3v) is 4.12. The molecule has 2 heterocycles. The SMILES string of the molecule is CC1CN(C(=O)CCC(=O)NCc2ccco2)c2cc(Cl)ccc2O1. The highest BCUT2D eigenvalue weighted by atomic mass is 35.5. The average molecular weight is 363 g/mol. The highest BCUT2D eigenvalue weighted by molar-refractivity contribution is 6.31. The summed E-state index contributed by atoms with van der Waals surface area (Å²) in [4.78, 5) is 26.1. The number of carbonyl (C=O) groups is 2. The lowest BCUT2D eigenvalue weighted by molar-refractivity contribution is -0.125. The molecule has 0 fully saturated rings. The lowest BCUT2D eigenvalue weighted by Crippen LogP contribution is -2.42. The molecule has 0 spiro atoms. The van der Waals surface area contributed by atoms with Crippen molar-refractivity contribution in [2.24, 2.45) is 0 Å². The number of rotatable bonds is 5. The second kappa shape index (κ2) is 7.61. The van der Waals surface area contributed by atoms with Crippen molar-refractivity contribution in [1.29, 1.82) is 0 Å². The lowest BCUT2D eigenvalue weighted by Gasteiger charge is -2.33. The van der Waals surface area contributed by atoms with Gasteiger partial charge < -0.3 is 19.4 Å². The van der Waals surface area contributed by atoms with Crippen LogP contribution in [0.15, 0.2) is 41.0 Å². The van der Waals surface area contributed by atoms with E-state index in [-0.39, 0.29) is 30.8 Å². The summed E-state index contributed by atoms with van der Waals surface area (Å²) in [5.74, 6) is 0.966. The summed E-state index contributed by atoms with van der Waals surface area (Å²) in [5.41, 5.74) is 0.645. The standard InChI is InChI=1S/C18H19ClN2O4/c1-12-11-21(15-9-13(19)4-5-16(15)25-12)18(23)7-6-17(22)20-10-14-3-2-8-24-14/h2-5,8-9,12H,6-7,10-11H2,1H3,(H,20,22). The fraction of sp³-hybridized carbons (Fsp3) is 0.333. The van der Waals surface area contributed by atoms with E-state index < -0.39 is 0 Å². The predicted octanol–water partition coefficient (Wildman–Crippen LogP) is 3.14. The first-order chi connectivity index (χ1) is 12.0. The van der Waals surface area contributed by atoms with E-state index in [1.54, 1.807) is 41.5 Å². The molecule has 0 radical (unpaired) electrons. The molecule has 0 bridgehead atoms. The van der Waals surface area contributed by atoms with Gasteiger partial charge in [-0.15, -0.1) is 0 Å². The largest absolute Gasteiger partial charge is 0.487 e. The summed E-state index contributed by atoms with van der Waals surface area (Å²) in [7, 11) is 0. The molecule has 1 unspecified atom stereocenters. The second-order valence-electron chi connectivity index (χ2n) is 5.90. The van der Waals surface area contributed by atoms with Crippen LogP contribution in [0.2, 0.25) is 5.02 Å². The Morgan fingerprint density at radius 3 is 2.92 bits per heavy atom. The van der Waals surface area contributed by atoms with E-state index in [4.69, 9.17) is 20.8 Å². The number of nitrogens with zero attached hydrogens (tertiary/aromatic N) is 1. The van der Waals surface area contributed by atoms with Gasteiger partial charge in [-0.05, 0) is 37.3 Å². The van der Waals surface area contributed by atoms with Crippen molar-refractivity contribution in [1.82, 2.24) is 5.32 Å². The average Bonchev–Trinajstić information content (AvgIpc) is 3.11. The molecular weight excluding hydrogens is 344 g/mol. The van der Waals surface area contributed by atoms with Crippen LogP contribution >= 0.6 is 11.6 Å². The highest BCUT2D eigenvalue weighted by Crippen LogP contribution is 2.36. The molecule has 25 heavy (non-hydrogen) atoms. The van der Waals surface area contributed by atoms with Gasteiger partial charge in [0.2, 0.25) is 11.8 Å². The molecule has 0 saturated carbocycles. The Labute approximate surface area is 150 Å². The number of carbonyl (C=O) groups excluding carboxylic acids is 2. The van der Waals surface area contributed by atoms with Crippen molar-refractivity contribution in [3.05, 3.63) is 47.4 Å². The third-order valence-electron chi connectivity index (χ3n) is 3.89. The number of halogens is 1. The molecule has 1 aromatic carbocycles. The molecule has 3 rings (SSSR count). The zero-order valence-electron chi connectivity index (χ0n) is 13.8. The van der Waals surface area contributed by atoms with Gasteiger partial charge in [-0.3, -0.25) is 9.59 Å². The van der Waals surface area contributed by atoms with Crippen LogP contribution in [-0.2, 0) is 16.1 Å². The zero-order chi connectivity index (χ0) is 17.8. The minimum atomic E-state index is -0.197. The number of anilines is 1. The highest BCUT2D eigenvalue weighted by Gasteiger charge is 2.27. The second-order valence-corrected chi connectivity index (χ2v) is 6.34. The molecule has 1 aromatic heterocycles. The number of amides is 2. The maximum Gasteiger partial charge on any atom is 0.227 e. The van der Waals surface area contributed by atoms with Crippen LogP contribution in [0.1, 0.15) is 25.5 Å². The minimum absolute atomic E-state index is 0.112. The molecule has 0 aliphatic carbocycles. The number of hydrogen-bond donors (Lipinski definition) is 1. The Hall–Kier alpha value is -2.47. The van der Waals surface area contributed by atoms with Crippen LogP contribution in [0.25, 0.3) is 0 Å². The Morgan fingerprint density at radius 1 is 1.32 bits per heavy atom. The Morgan fingerprint density at radius 2 is 2.16 bits per heavy atom. The van der Waals surface area contributed by atoms with E-state index >= 15 is 0 Å². The van der Waals surface area contributed by atoms with Crippen molar-refractivity contribution < 1.29 is 18.7 Å². The van der Waals surface area contributed by atoms with Gasteiger partial charge in [0.05, 0.1) is 25.0 Å². The van der Waals surface area contributed by atoms with Gasteiger partial charge >= 0.3 is 0 Å². The molecule has 1 aliphatic heterocycles. The first-order valence-electron chi connectivity index (χ1n) is 8.08. The fourth-order valence-corrected chi connectivity index (χ4v) is 2.86. The number of ether oxygens (including phenoxy) is 1. The van der Waals surface area contributed by atoms with Crippen LogP contribution < -0.4 is 15.0 Å². The first kappa shape index (κ1) is 17.4. The van der Waals surface area contributed by atoms with E-state index in [1.165, 1.54) is 0 Å². The first-order valence-corrected chi connectivity index (χ1v) is 8.46. The predicted molar refractivity (Wildman–Crippen MR) is 93.7 cm³/mol. The van der Waals surface area contributed by atoms with Crippen LogP contribution in [-0.4, -0.2) is 24.5 Å². The summed E-state index contributed by atoms with van der Waals surface area (Å²) in [5, 5.41) is 3.26. The molecule has 1 atom stereocenters. The number of furan rings is 1. The Kier molecular flexibility index (Phi) is 5.28. The molecule has 7 heteroatoms. The van der Waals surface area contributed by atoms with E-state index in [0.29, 0.717) is 35.3 Å². The number of fused-ring (bicyclic) bond motifs is 1. The van der Waals surface area contributed by atoms with Crippen LogP contribution in [0.3, 0.4) is 0 Å². The fourth-order valence-electron chi connectivity index (χ4n) is 2.69. The maximum atomic E-state index is 12.6. The molecular formula is C18H19ClN2O4. The summed E-state index contributed by atoms with van der Waals surface area (Å²) < 4.78 is 10.9. The lowest BCUT2D eigenvalue weighted by atomic mass is 10.1. The summed E-state index contributed by atoms with van der Waals surface area (Å²) in [6.07, 6.45) is 1.65. The number of benzene rings is 1. The molecule has 1 N–H and O–H groups in total. The molecule has 1 aliphatic rings. The van der Waals surface area contributed by atoms with Crippen LogP contribution in [0.4, 0.5) is 5.69 Å². The van der Waals surface area contributed by atoms with E-state index in [2.05, 4.69) is 5.32 Å². The molecule has 0 saturated heterocycles. The van der Waals surface area contributed by atoms with Crippen molar-refractivity contribution >= 4 is 29.1 Å².